The van der Waals surface area contributed by atoms with Gasteiger partial charge in [-0.15, -0.1) is 0 Å². The Bertz CT molecular complexity index is 1300. The molecule has 156 valence electrons. The lowest BCUT2D eigenvalue weighted by Gasteiger charge is -2.14. The molecule has 3 heterocycles. The average Bonchev–Trinajstić information content (AvgIpc) is 3.50. The van der Waals surface area contributed by atoms with Crippen molar-refractivity contribution in [2.75, 3.05) is 0 Å². The van der Waals surface area contributed by atoms with Crippen LogP contribution in [0.4, 0.5) is 0 Å². The molecule has 0 saturated heterocycles. The molecule has 0 radical (unpaired) electrons. The van der Waals surface area contributed by atoms with Gasteiger partial charge >= 0.3 is 0 Å². The Balaban J connectivity index is 1.61. The summed E-state index contributed by atoms with van der Waals surface area (Å²) in [4.78, 5) is 11.9. The highest BCUT2D eigenvalue weighted by Crippen LogP contribution is 2.30. The van der Waals surface area contributed by atoms with Gasteiger partial charge < -0.3 is 10.2 Å². The fraction of sp³-hybridized carbons (Fsp3) is 0.182. The van der Waals surface area contributed by atoms with Crippen molar-refractivity contribution in [3.05, 3.63) is 70.7 Å². The zero-order chi connectivity index (χ0) is 22.1. The fourth-order valence-corrected chi connectivity index (χ4v) is 3.67. The summed E-state index contributed by atoms with van der Waals surface area (Å²) in [5.41, 5.74) is 9.21. The van der Waals surface area contributed by atoms with Gasteiger partial charge in [0.1, 0.15) is 17.5 Å². The topological polar surface area (TPSA) is 116 Å². The molecule has 4 aromatic rings. The maximum Gasteiger partial charge on any atom is 0.267 e. The number of halogens is 1. The first kappa shape index (κ1) is 20.4. The SMILES string of the molecule is Cc1c(-c2ccn(C[C@@H](C)n3nc(-c4ccco4)cc3C(N)=O)n2)ccc(C#N)c1Cl. The molecule has 0 aliphatic carbocycles. The third-order valence-corrected chi connectivity index (χ3v) is 5.54. The van der Waals surface area contributed by atoms with Crippen LogP contribution in [0, 0.1) is 18.3 Å². The number of benzene rings is 1. The summed E-state index contributed by atoms with van der Waals surface area (Å²) in [6, 6.07) is 12.4. The lowest BCUT2D eigenvalue weighted by Crippen LogP contribution is -2.22. The van der Waals surface area contributed by atoms with Gasteiger partial charge in [-0.1, -0.05) is 17.7 Å². The van der Waals surface area contributed by atoms with Gasteiger partial charge in [-0.3, -0.25) is 14.2 Å². The van der Waals surface area contributed by atoms with E-state index in [9.17, 15) is 4.79 Å². The minimum absolute atomic E-state index is 0.204. The first-order valence-corrected chi connectivity index (χ1v) is 9.93. The van der Waals surface area contributed by atoms with Crippen LogP contribution in [0.2, 0.25) is 5.02 Å². The second-order valence-corrected chi connectivity index (χ2v) is 7.56. The van der Waals surface area contributed by atoms with Gasteiger partial charge in [0.2, 0.25) is 0 Å². The van der Waals surface area contributed by atoms with E-state index in [2.05, 4.69) is 16.3 Å². The van der Waals surface area contributed by atoms with Gasteiger partial charge in [0, 0.05) is 17.8 Å². The molecule has 0 spiro atoms. The molecule has 1 atom stereocenters. The Morgan fingerprint density at radius 1 is 1.29 bits per heavy atom. The molecule has 31 heavy (non-hydrogen) atoms. The maximum atomic E-state index is 11.9. The van der Waals surface area contributed by atoms with Crippen molar-refractivity contribution in [2.45, 2.75) is 26.4 Å². The van der Waals surface area contributed by atoms with Crippen LogP contribution < -0.4 is 5.73 Å². The number of nitrogens with zero attached hydrogens (tertiary/aromatic N) is 5. The first-order chi connectivity index (χ1) is 14.9. The quantitative estimate of drug-likeness (QED) is 0.488. The zero-order valence-electron chi connectivity index (χ0n) is 16.9. The lowest BCUT2D eigenvalue weighted by molar-refractivity contribution is 0.0987. The molecule has 0 unspecified atom stereocenters. The molecule has 4 rings (SSSR count). The average molecular weight is 435 g/mol. The number of furan rings is 1. The molecule has 1 aromatic carbocycles. The van der Waals surface area contributed by atoms with E-state index in [4.69, 9.17) is 27.0 Å². The summed E-state index contributed by atoms with van der Waals surface area (Å²) in [5.74, 6) is -0.0100. The number of carbonyl (C=O) groups excluding carboxylic acids is 1. The Kier molecular flexibility index (Phi) is 5.36. The van der Waals surface area contributed by atoms with Gasteiger partial charge in [-0.05, 0) is 43.7 Å². The number of rotatable bonds is 6. The first-order valence-electron chi connectivity index (χ1n) is 9.55. The monoisotopic (exact) mass is 434 g/mol. The van der Waals surface area contributed by atoms with Crippen LogP contribution in [0.5, 0.6) is 0 Å². The van der Waals surface area contributed by atoms with Crippen LogP contribution in [0.3, 0.4) is 0 Å². The van der Waals surface area contributed by atoms with E-state index in [1.54, 1.807) is 39.9 Å². The number of hydrogen-bond acceptors (Lipinski definition) is 5. The van der Waals surface area contributed by atoms with Crippen molar-refractivity contribution >= 4 is 17.5 Å². The molecular formula is C22H19ClN6O2. The summed E-state index contributed by atoms with van der Waals surface area (Å²) < 4.78 is 8.74. The van der Waals surface area contributed by atoms with E-state index in [0.29, 0.717) is 34.3 Å². The summed E-state index contributed by atoms with van der Waals surface area (Å²) in [6.45, 7) is 4.25. The molecule has 1 amide bonds. The van der Waals surface area contributed by atoms with Crippen molar-refractivity contribution in [2.24, 2.45) is 5.73 Å². The van der Waals surface area contributed by atoms with Crippen LogP contribution in [0.1, 0.15) is 34.6 Å². The largest absolute Gasteiger partial charge is 0.463 e. The Labute approximate surface area is 183 Å². The van der Waals surface area contributed by atoms with E-state index < -0.39 is 5.91 Å². The molecule has 0 bridgehead atoms. The normalized spacial score (nSPS) is 11.9. The predicted molar refractivity (Wildman–Crippen MR) is 115 cm³/mol. The van der Waals surface area contributed by atoms with Gasteiger partial charge in [0.25, 0.3) is 5.91 Å². The van der Waals surface area contributed by atoms with Gasteiger partial charge in [0.15, 0.2) is 5.76 Å². The van der Waals surface area contributed by atoms with Crippen molar-refractivity contribution in [3.63, 3.8) is 0 Å². The highest BCUT2D eigenvalue weighted by Gasteiger charge is 2.20. The van der Waals surface area contributed by atoms with E-state index >= 15 is 0 Å². The molecule has 8 nitrogen and oxygen atoms in total. The molecule has 0 aliphatic rings. The number of primary amides is 1. The van der Waals surface area contributed by atoms with Crippen molar-refractivity contribution in [3.8, 4) is 28.8 Å². The van der Waals surface area contributed by atoms with Crippen molar-refractivity contribution in [1.82, 2.24) is 19.6 Å². The molecule has 0 aliphatic heterocycles. The van der Waals surface area contributed by atoms with Gasteiger partial charge in [-0.25, -0.2) is 0 Å². The second kappa shape index (κ2) is 8.13. The van der Waals surface area contributed by atoms with Crippen LogP contribution >= 0.6 is 11.6 Å². The Morgan fingerprint density at radius 2 is 2.10 bits per heavy atom. The zero-order valence-corrected chi connectivity index (χ0v) is 17.7. The summed E-state index contributed by atoms with van der Waals surface area (Å²) in [5, 5.41) is 18.7. The van der Waals surface area contributed by atoms with Crippen LogP contribution in [0.15, 0.2) is 53.3 Å². The highest BCUT2D eigenvalue weighted by molar-refractivity contribution is 6.32. The van der Waals surface area contributed by atoms with Crippen LogP contribution in [-0.4, -0.2) is 25.5 Å². The predicted octanol–water partition coefficient (Wildman–Crippen LogP) is 4.20. The number of amides is 1. The van der Waals surface area contributed by atoms with E-state index in [0.717, 1.165) is 16.8 Å². The van der Waals surface area contributed by atoms with E-state index in [1.165, 1.54) is 0 Å². The van der Waals surface area contributed by atoms with E-state index in [-0.39, 0.29) is 6.04 Å². The number of aromatic nitrogens is 4. The van der Waals surface area contributed by atoms with E-state index in [1.807, 2.05) is 32.2 Å². The Morgan fingerprint density at radius 3 is 2.77 bits per heavy atom. The molecule has 9 heteroatoms. The lowest BCUT2D eigenvalue weighted by atomic mass is 10.0. The molecule has 0 fully saturated rings. The third-order valence-electron chi connectivity index (χ3n) is 5.05. The summed E-state index contributed by atoms with van der Waals surface area (Å²) in [7, 11) is 0. The van der Waals surface area contributed by atoms with Crippen molar-refractivity contribution < 1.29 is 9.21 Å². The number of nitrogens with two attached hydrogens (primary N) is 1. The van der Waals surface area contributed by atoms with Crippen LogP contribution in [-0.2, 0) is 6.54 Å². The van der Waals surface area contributed by atoms with Gasteiger partial charge in [0.05, 0.1) is 35.1 Å². The van der Waals surface area contributed by atoms with Gasteiger partial charge in [-0.2, -0.15) is 15.5 Å². The molecular weight excluding hydrogens is 416 g/mol. The minimum Gasteiger partial charge on any atom is -0.463 e. The molecule has 3 aromatic heterocycles. The Hall–Kier alpha value is -3.83. The number of carbonyl (C=O) groups is 1. The maximum absolute atomic E-state index is 11.9. The summed E-state index contributed by atoms with van der Waals surface area (Å²) >= 11 is 6.29. The minimum atomic E-state index is -0.568. The van der Waals surface area contributed by atoms with Crippen LogP contribution in [0.25, 0.3) is 22.7 Å². The number of nitriles is 1. The fourth-order valence-electron chi connectivity index (χ4n) is 3.46. The molecule has 2 N–H and O–H groups in total. The highest BCUT2D eigenvalue weighted by atomic mass is 35.5. The second-order valence-electron chi connectivity index (χ2n) is 7.18. The third kappa shape index (κ3) is 3.83. The standard InChI is InChI=1S/C22H19ClN6O2/c1-13(29-19(22(25)30)10-18(27-29)20-4-3-9-31-20)12-28-8-7-17(26-28)16-6-5-15(11-24)21(23)14(16)2/h3-10,13H,12H2,1-2H3,(H2,25,30)/t13-/m1/s1. The number of hydrogen-bond donors (Lipinski definition) is 1. The smallest absolute Gasteiger partial charge is 0.267 e. The summed E-state index contributed by atoms with van der Waals surface area (Å²) in [6.07, 6.45) is 3.39. The van der Waals surface area contributed by atoms with Crippen molar-refractivity contribution in [1.29, 1.82) is 5.26 Å². The molecule has 0 saturated carbocycles.